The molecule has 0 bridgehead atoms. The molecule has 0 aromatic heterocycles. The first-order chi connectivity index (χ1) is 2.73. The maximum absolute atomic E-state index is 8.56. The van der Waals surface area contributed by atoms with Crippen molar-refractivity contribution in [3.63, 3.8) is 0 Å². The van der Waals surface area contributed by atoms with Gasteiger partial charge >= 0.3 is 28.0 Å². The van der Waals surface area contributed by atoms with E-state index in [1.165, 1.54) is 0 Å². The average molecular weight is 209 g/mol. The molecule has 4 nitrogen and oxygen atoms in total. The van der Waals surface area contributed by atoms with Gasteiger partial charge in [0.05, 0.1) is 0 Å². The summed E-state index contributed by atoms with van der Waals surface area (Å²) in [6.07, 6.45) is -1.83. The van der Waals surface area contributed by atoms with Crippen molar-refractivity contribution in [2.75, 3.05) is 0 Å². The van der Waals surface area contributed by atoms with Gasteiger partial charge in [-0.3, -0.25) is 0 Å². The molecule has 0 aliphatic carbocycles. The molecule has 0 amide bonds. The van der Waals surface area contributed by atoms with Crippen LogP contribution < -0.4 is 0 Å². The molecule has 0 saturated carbocycles. The van der Waals surface area contributed by atoms with Gasteiger partial charge in [0, 0.05) is 19.5 Å². The van der Waals surface area contributed by atoms with Crippen LogP contribution in [-0.2, 0) is 41.3 Å². The van der Waals surface area contributed by atoms with Crippen LogP contribution in [0.2, 0.25) is 0 Å². The van der Waals surface area contributed by atoms with E-state index in [0.717, 1.165) is 0 Å². The summed E-state index contributed by atoms with van der Waals surface area (Å²) >= 11 is 0.125. The van der Waals surface area contributed by atoms with Gasteiger partial charge in [0.2, 0.25) is 0 Å². The summed E-state index contributed by atoms with van der Waals surface area (Å²) in [6.45, 7) is 0. The van der Waals surface area contributed by atoms with Crippen molar-refractivity contribution in [2.24, 2.45) is 0 Å². The average Bonchev–Trinajstić information content (AvgIpc) is 1.41. The minimum absolute atomic E-state index is 0. The summed E-state index contributed by atoms with van der Waals surface area (Å²) in [5.41, 5.74) is 0. The van der Waals surface area contributed by atoms with Crippen LogP contribution in [0.25, 0.3) is 0 Å². The van der Waals surface area contributed by atoms with E-state index in [0.29, 0.717) is 0 Å². The summed E-state index contributed by atoms with van der Waals surface area (Å²) < 4.78 is 8.38. The van der Waals surface area contributed by atoms with E-state index in [1.807, 2.05) is 0 Å². The van der Waals surface area contributed by atoms with Gasteiger partial charge in [-0.2, -0.15) is 0 Å². The molecular weight excluding hydrogens is 207 g/mol. The summed E-state index contributed by atoms with van der Waals surface area (Å²) in [5.74, 6) is 0. The zero-order valence-electron chi connectivity index (χ0n) is 3.63. The first kappa shape index (κ1) is 15.7. The summed E-state index contributed by atoms with van der Waals surface area (Å²) in [4.78, 5) is 8.56. The van der Waals surface area contributed by atoms with Gasteiger partial charge in [-0.15, -0.1) is 0 Å². The molecule has 0 aliphatic rings. The quantitative estimate of drug-likeness (QED) is 0.554. The Morgan fingerprint density at radius 2 is 1.29 bits per heavy atom. The fraction of sp³-hybridized carbons (Fsp3) is 0. The predicted molar refractivity (Wildman–Crippen MR) is 11.3 cm³/mol. The van der Waals surface area contributed by atoms with E-state index < -0.39 is 6.16 Å². The molecule has 0 rings (SSSR count). The Morgan fingerprint density at radius 1 is 1.29 bits per heavy atom. The van der Waals surface area contributed by atoms with Gasteiger partial charge in [-0.25, -0.2) is 4.79 Å². The number of hydrogen-bond donors (Lipinski definition) is 2. The molecule has 0 aliphatic heterocycles. The van der Waals surface area contributed by atoms with Gasteiger partial charge in [-0.05, 0) is 0 Å². The van der Waals surface area contributed by atoms with Crippen molar-refractivity contribution >= 4 is 6.16 Å². The second-order valence-electron chi connectivity index (χ2n) is 0.283. The molecule has 0 aromatic carbocycles. The zero-order valence-corrected chi connectivity index (χ0v) is 9.56. The fourth-order valence-electron chi connectivity index (χ4n) is 0. The van der Waals surface area contributed by atoms with Crippen molar-refractivity contribution in [3.8, 4) is 0 Å². The Balaban J connectivity index is -0.0000000480. The van der Waals surface area contributed by atoms with E-state index in [2.05, 4.69) is 0 Å². The molecule has 0 spiro atoms. The van der Waals surface area contributed by atoms with Crippen LogP contribution in [0.1, 0.15) is 0 Å². The Hall–Kier alpha value is 0.317. The molecule has 0 heterocycles. The van der Waals surface area contributed by atoms with Crippen molar-refractivity contribution in [2.45, 2.75) is 0 Å². The third kappa shape index (κ3) is 1170. The molecule has 34 valence electrons. The van der Waals surface area contributed by atoms with Crippen LogP contribution >= 0.6 is 0 Å². The normalized spacial score (nSPS) is 4.29. The molecule has 2 N–H and O–H groups in total. The Kier molecular flexibility index (Phi) is 36.3. The number of carboxylic acid groups (broad SMARTS) is 2. The summed E-state index contributed by atoms with van der Waals surface area (Å²) in [5, 5.41) is 13.9. The van der Waals surface area contributed by atoms with Crippen molar-refractivity contribution in [1.82, 2.24) is 0 Å². The molecule has 0 atom stereocenters. The fourth-order valence-corrected chi connectivity index (χ4v) is 0. The predicted octanol–water partition coefficient (Wildman–Crippen LogP) is 0.0986. The minimum Gasteiger partial charge on any atom is 0 e. The first-order valence-electron chi connectivity index (χ1n) is 0.940. The topological polar surface area (TPSA) is 74.6 Å². The van der Waals surface area contributed by atoms with Crippen LogP contribution in [-0.4, -0.2) is 16.4 Å². The van der Waals surface area contributed by atoms with Crippen molar-refractivity contribution in [3.05, 3.63) is 0 Å². The molecule has 0 radical (unpaired) electrons. The van der Waals surface area contributed by atoms with Gasteiger partial charge < -0.3 is 10.2 Å². The maximum Gasteiger partial charge on any atom is 0 e. The summed E-state index contributed by atoms with van der Waals surface area (Å²) in [7, 11) is 0. The van der Waals surface area contributed by atoms with E-state index in [9.17, 15) is 0 Å². The van der Waals surface area contributed by atoms with E-state index in [4.69, 9.17) is 18.6 Å². The van der Waals surface area contributed by atoms with Gasteiger partial charge in [0.15, 0.2) is 0 Å². The SMILES string of the molecule is O=C(O)O.[O]=[Zn].[Zn]. The van der Waals surface area contributed by atoms with Gasteiger partial charge in [-0.1, -0.05) is 0 Å². The monoisotopic (exact) mass is 206 g/mol. The smallest absolute Gasteiger partial charge is 0 e. The second-order valence-corrected chi connectivity index (χ2v) is 0.283. The van der Waals surface area contributed by atoms with Gasteiger partial charge in [0.25, 0.3) is 0 Å². The molecule has 0 unspecified atom stereocenters. The van der Waals surface area contributed by atoms with Gasteiger partial charge in [0.1, 0.15) is 0 Å². The Morgan fingerprint density at radius 3 is 1.29 bits per heavy atom. The van der Waals surface area contributed by atoms with Crippen molar-refractivity contribution in [1.29, 1.82) is 0 Å². The maximum atomic E-state index is 8.56. The minimum atomic E-state index is -1.83. The molecule has 0 aromatic rings. The van der Waals surface area contributed by atoms with Crippen LogP contribution in [0.3, 0.4) is 0 Å². The van der Waals surface area contributed by atoms with Crippen LogP contribution in [0.15, 0.2) is 0 Å². The van der Waals surface area contributed by atoms with Crippen LogP contribution in [0.4, 0.5) is 4.79 Å². The van der Waals surface area contributed by atoms with E-state index in [-0.39, 0.29) is 37.7 Å². The van der Waals surface area contributed by atoms with E-state index >= 15 is 0 Å². The molecule has 6 heteroatoms. The number of carbonyl (C=O) groups is 1. The third-order valence-corrected chi connectivity index (χ3v) is 0. The standard InChI is InChI=1S/CH2O3.O.2Zn/c2-1(3)4;;;/h(H2,2,3,4);;;. The van der Waals surface area contributed by atoms with Crippen LogP contribution in [0, 0.1) is 0 Å². The Bertz CT molecular complexity index is 41.0. The largest absolute Gasteiger partial charge is 0 e. The zero-order chi connectivity index (χ0) is 5.58. The van der Waals surface area contributed by atoms with Crippen LogP contribution in [0.5, 0.6) is 0 Å². The molecule has 0 fully saturated rings. The number of rotatable bonds is 0. The van der Waals surface area contributed by atoms with E-state index in [1.54, 1.807) is 0 Å². The second kappa shape index (κ2) is 16.2. The third-order valence-electron chi connectivity index (χ3n) is 0. The molecular formula is CH2O4Zn2. The molecule has 7 heavy (non-hydrogen) atoms. The van der Waals surface area contributed by atoms with Crippen molar-refractivity contribution < 1.29 is 56.3 Å². The molecule has 0 saturated heterocycles. The Labute approximate surface area is 62.6 Å². The summed E-state index contributed by atoms with van der Waals surface area (Å²) in [6, 6.07) is 0. The number of hydrogen-bond acceptors (Lipinski definition) is 2. The first-order valence-corrected chi connectivity index (χ1v) is 2.15.